The first-order chi connectivity index (χ1) is 10.3. The molecule has 3 aromatic heterocycles. The quantitative estimate of drug-likeness (QED) is 0.729. The maximum atomic E-state index is 11.7. The first kappa shape index (κ1) is 13.8. The van der Waals surface area contributed by atoms with E-state index in [1.165, 1.54) is 6.08 Å². The van der Waals surface area contributed by atoms with E-state index in [4.69, 9.17) is 4.42 Å². The van der Waals surface area contributed by atoms with Crippen LogP contribution in [0.4, 0.5) is 0 Å². The van der Waals surface area contributed by atoms with Crippen LogP contribution in [0.1, 0.15) is 10.6 Å². The summed E-state index contributed by atoms with van der Waals surface area (Å²) < 4.78 is 5.39. The van der Waals surface area contributed by atoms with Crippen molar-refractivity contribution < 1.29 is 9.21 Å². The number of oxazole rings is 1. The van der Waals surface area contributed by atoms with Crippen LogP contribution in [0.5, 0.6) is 0 Å². The van der Waals surface area contributed by atoms with Crippen LogP contribution in [0.15, 0.2) is 51.8 Å². The lowest BCUT2D eigenvalue weighted by molar-refractivity contribution is -0.116. The average Bonchev–Trinajstić information content (AvgIpc) is 3.24. The van der Waals surface area contributed by atoms with Gasteiger partial charge in [0.2, 0.25) is 11.8 Å². The number of nitrogens with one attached hydrogen (secondary N) is 1. The molecule has 0 aliphatic carbocycles. The second-order valence-corrected chi connectivity index (χ2v) is 6.11. The number of aromatic nitrogens is 1. The van der Waals surface area contributed by atoms with Crippen molar-refractivity contribution in [3.05, 3.63) is 57.9 Å². The molecule has 106 valence electrons. The summed E-state index contributed by atoms with van der Waals surface area (Å²) in [5, 5.41) is 6.72. The molecule has 0 fully saturated rings. The summed E-state index contributed by atoms with van der Waals surface area (Å²) in [4.78, 5) is 18.1. The minimum atomic E-state index is -0.149. The zero-order valence-corrected chi connectivity index (χ0v) is 12.6. The highest BCUT2D eigenvalue weighted by molar-refractivity contribution is 7.13. The van der Waals surface area contributed by atoms with Crippen LogP contribution in [-0.4, -0.2) is 10.9 Å². The highest BCUT2D eigenvalue weighted by Gasteiger charge is 2.07. The molecule has 0 bridgehead atoms. The summed E-state index contributed by atoms with van der Waals surface area (Å²) in [5.74, 6) is 0.437. The van der Waals surface area contributed by atoms with E-state index in [0.717, 1.165) is 9.75 Å². The monoisotopic (exact) mass is 316 g/mol. The van der Waals surface area contributed by atoms with E-state index >= 15 is 0 Å². The van der Waals surface area contributed by atoms with Gasteiger partial charge in [0.15, 0.2) is 0 Å². The maximum absolute atomic E-state index is 11.7. The molecule has 0 radical (unpaired) electrons. The van der Waals surface area contributed by atoms with Gasteiger partial charge in [-0.15, -0.1) is 22.7 Å². The van der Waals surface area contributed by atoms with Crippen molar-refractivity contribution in [3.63, 3.8) is 0 Å². The number of nitrogens with zero attached hydrogens (tertiary/aromatic N) is 1. The molecule has 3 aromatic rings. The number of carbonyl (C=O) groups is 1. The van der Waals surface area contributed by atoms with Gasteiger partial charge in [-0.2, -0.15) is 0 Å². The molecule has 4 nitrogen and oxygen atoms in total. The maximum Gasteiger partial charge on any atom is 0.244 e. The predicted molar refractivity (Wildman–Crippen MR) is 85.0 cm³/mol. The highest BCUT2D eigenvalue weighted by Crippen LogP contribution is 2.23. The largest absolute Gasteiger partial charge is 0.443 e. The molecule has 0 spiro atoms. The number of hydrogen-bond acceptors (Lipinski definition) is 5. The van der Waals surface area contributed by atoms with Gasteiger partial charge in [-0.1, -0.05) is 12.1 Å². The second kappa shape index (κ2) is 6.51. The van der Waals surface area contributed by atoms with Gasteiger partial charge in [0.1, 0.15) is 6.26 Å². The van der Waals surface area contributed by atoms with Crippen molar-refractivity contribution in [1.82, 2.24) is 10.3 Å². The summed E-state index contributed by atoms with van der Waals surface area (Å²) in [6.45, 7) is 0.350. The third-order valence-corrected chi connectivity index (χ3v) is 4.37. The standard InChI is InChI=1S/C15H12N2O2S2/c18-14(6-5-12-3-1-7-20-12)16-9-11-10-19-15(17-11)13-4-2-8-21-13/h1-8,10H,9H2,(H,16,18)/b6-5+. The Balaban J connectivity index is 1.54. The molecule has 1 N–H and O–H groups in total. The van der Waals surface area contributed by atoms with Crippen molar-refractivity contribution in [2.24, 2.45) is 0 Å². The molecule has 0 aliphatic heterocycles. The van der Waals surface area contributed by atoms with Crippen LogP contribution in [0.3, 0.4) is 0 Å². The molecule has 21 heavy (non-hydrogen) atoms. The average molecular weight is 316 g/mol. The Morgan fingerprint density at radius 1 is 1.29 bits per heavy atom. The SMILES string of the molecule is O=C(/C=C/c1cccs1)NCc1coc(-c2cccs2)n1. The van der Waals surface area contributed by atoms with E-state index in [1.54, 1.807) is 35.0 Å². The number of thiophene rings is 2. The van der Waals surface area contributed by atoms with Gasteiger partial charge < -0.3 is 9.73 Å². The van der Waals surface area contributed by atoms with Crippen molar-refractivity contribution in [1.29, 1.82) is 0 Å². The van der Waals surface area contributed by atoms with Crippen LogP contribution < -0.4 is 5.32 Å². The Hall–Kier alpha value is -2.18. The Morgan fingerprint density at radius 2 is 2.14 bits per heavy atom. The normalized spacial score (nSPS) is 11.0. The highest BCUT2D eigenvalue weighted by atomic mass is 32.1. The molecule has 0 unspecified atom stereocenters. The Morgan fingerprint density at radius 3 is 2.90 bits per heavy atom. The van der Waals surface area contributed by atoms with Crippen LogP contribution >= 0.6 is 22.7 Å². The van der Waals surface area contributed by atoms with Gasteiger partial charge >= 0.3 is 0 Å². The fraction of sp³-hybridized carbons (Fsp3) is 0.0667. The van der Waals surface area contributed by atoms with Gasteiger partial charge in [-0.25, -0.2) is 4.98 Å². The fourth-order valence-corrected chi connectivity index (χ4v) is 2.96. The van der Waals surface area contributed by atoms with Crippen molar-refractivity contribution in [2.75, 3.05) is 0 Å². The van der Waals surface area contributed by atoms with Crippen LogP contribution in [0.25, 0.3) is 16.8 Å². The van der Waals surface area contributed by atoms with E-state index in [-0.39, 0.29) is 5.91 Å². The van der Waals surface area contributed by atoms with Gasteiger partial charge in [0.05, 0.1) is 17.1 Å². The predicted octanol–water partition coefficient (Wildman–Crippen LogP) is 3.79. The summed E-state index contributed by atoms with van der Waals surface area (Å²) >= 11 is 3.15. The minimum absolute atomic E-state index is 0.149. The molecule has 0 aromatic carbocycles. The molecule has 1 amide bonds. The third-order valence-electron chi connectivity index (χ3n) is 2.67. The van der Waals surface area contributed by atoms with Crippen LogP contribution in [0, 0.1) is 0 Å². The van der Waals surface area contributed by atoms with E-state index in [0.29, 0.717) is 18.1 Å². The molecule has 6 heteroatoms. The molecule has 0 saturated carbocycles. The number of amides is 1. The van der Waals surface area contributed by atoms with E-state index in [9.17, 15) is 4.79 Å². The molecule has 0 atom stereocenters. The topological polar surface area (TPSA) is 55.1 Å². The second-order valence-electron chi connectivity index (χ2n) is 4.19. The molecule has 3 heterocycles. The number of rotatable bonds is 5. The summed E-state index contributed by atoms with van der Waals surface area (Å²) in [6, 6.07) is 7.80. The Kier molecular flexibility index (Phi) is 4.28. The lowest BCUT2D eigenvalue weighted by Gasteiger charge is -1.97. The number of hydrogen-bond donors (Lipinski definition) is 1. The van der Waals surface area contributed by atoms with E-state index < -0.39 is 0 Å². The minimum Gasteiger partial charge on any atom is -0.443 e. The first-order valence-electron chi connectivity index (χ1n) is 6.29. The Labute approximate surface area is 129 Å². The zero-order valence-electron chi connectivity index (χ0n) is 11.0. The van der Waals surface area contributed by atoms with Gasteiger partial charge in [0.25, 0.3) is 0 Å². The van der Waals surface area contributed by atoms with E-state index in [1.807, 2.05) is 35.0 Å². The lowest BCUT2D eigenvalue weighted by atomic mass is 10.4. The van der Waals surface area contributed by atoms with Crippen molar-refractivity contribution in [2.45, 2.75) is 6.54 Å². The lowest BCUT2D eigenvalue weighted by Crippen LogP contribution is -2.20. The van der Waals surface area contributed by atoms with E-state index in [2.05, 4.69) is 10.3 Å². The van der Waals surface area contributed by atoms with Crippen molar-refractivity contribution in [3.8, 4) is 10.8 Å². The van der Waals surface area contributed by atoms with Crippen LogP contribution in [-0.2, 0) is 11.3 Å². The molecule has 0 saturated heterocycles. The Bertz CT molecular complexity index is 728. The smallest absolute Gasteiger partial charge is 0.244 e. The third kappa shape index (κ3) is 3.68. The summed E-state index contributed by atoms with van der Waals surface area (Å²) in [7, 11) is 0. The van der Waals surface area contributed by atoms with Crippen LogP contribution in [0.2, 0.25) is 0 Å². The molecule has 3 rings (SSSR count). The van der Waals surface area contributed by atoms with Crippen molar-refractivity contribution >= 4 is 34.7 Å². The molecular weight excluding hydrogens is 304 g/mol. The first-order valence-corrected chi connectivity index (χ1v) is 8.05. The van der Waals surface area contributed by atoms with Gasteiger partial charge in [-0.3, -0.25) is 4.79 Å². The fourth-order valence-electron chi connectivity index (χ4n) is 1.68. The van der Waals surface area contributed by atoms with Gasteiger partial charge in [-0.05, 0) is 29.0 Å². The molecule has 0 aliphatic rings. The summed E-state index contributed by atoms with van der Waals surface area (Å²) in [6.07, 6.45) is 4.88. The number of carbonyl (C=O) groups excluding carboxylic acids is 1. The summed E-state index contributed by atoms with van der Waals surface area (Å²) in [5.41, 5.74) is 0.705. The van der Waals surface area contributed by atoms with Gasteiger partial charge in [0, 0.05) is 11.0 Å². The zero-order chi connectivity index (χ0) is 14.5. The molecular formula is C15H12N2O2S2.